The number of anilines is 1. The molecule has 5 rings (SSSR count). The van der Waals surface area contributed by atoms with E-state index in [9.17, 15) is 14.7 Å². The molecule has 0 fully saturated rings. The van der Waals surface area contributed by atoms with Crippen LogP contribution in [-0.2, 0) is 13.0 Å². The van der Waals surface area contributed by atoms with E-state index in [0.717, 1.165) is 23.1 Å². The molecule has 2 aromatic heterocycles. The predicted octanol–water partition coefficient (Wildman–Crippen LogP) is 4.50. The van der Waals surface area contributed by atoms with Gasteiger partial charge in [-0.1, -0.05) is 30.3 Å². The lowest BCUT2D eigenvalue weighted by molar-refractivity contribution is 0.0691. The summed E-state index contributed by atoms with van der Waals surface area (Å²) in [5.41, 5.74) is 5.55. The van der Waals surface area contributed by atoms with E-state index in [0.29, 0.717) is 34.7 Å². The number of aromatic nitrogens is 3. The van der Waals surface area contributed by atoms with Crippen molar-refractivity contribution in [2.75, 3.05) is 5.32 Å². The van der Waals surface area contributed by atoms with Gasteiger partial charge in [0.1, 0.15) is 5.82 Å². The smallest absolute Gasteiger partial charge is 0.356 e. The lowest BCUT2D eigenvalue weighted by atomic mass is 9.97. The summed E-state index contributed by atoms with van der Waals surface area (Å²) < 4.78 is 1.76. The highest BCUT2D eigenvalue weighted by molar-refractivity contribution is 5.92. The number of rotatable bonds is 4. The van der Waals surface area contributed by atoms with Crippen molar-refractivity contribution in [2.45, 2.75) is 39.8 Å². The molecule has 1 unspecified atom stereocenters. The summed E-state index contributed by atoms with van der Waals surface area (Å²) in [5, 5.41) is 13.4. The van der Waals surface area contributed by atoms with Crippen LogP contribution in [-0.4, -0.2) is 25.6 Å². The number of carbonyl (C=O) groups is 1. The highest BCUT2D eigenvalue weighted by atomic mass is 16.4. The van der Waals surface area contributed by atoms with Crippen LogP contribution >= 0.6 is 0 Å². The minimum Gasteiger partial charge on any atom is -0.476 e. The SMILES string of the molecule is Cc1cc(C(C)Nc2ccc(C)nc2C(=O)O)c2nc3n(c(=O)c2c1)CCc1ccccc1-3. The number of fused-ring (bicyclic) bond motifs is 4. The molecule has 166 valence electrons. The van der Waals surface area contributed by atoms with Gasteiger partial charge in [-0.3, -0.25) is 9.36 Å². The van der Waals surface area contributed by atoms with Crippen molar-refractivity contribution < 1.29 is 9.90 Å². The molecule has 2 N–H and O–H groups in total. The minimum absolute atomic E-state index is 0.0295. The molecule has 33 heavy (non-hydrogen) atoms. The molecule has 1 aliphatic heterocycles. The van der Waals surface area contributed by atoms with Gasteiger partial charge in [0.2, 0.25) is 0 Å². The Morgan fingerprint density at radius 2 is 1.91 bits per heavy atom. The fraction of sp³-hybridized carbons (Fsp3) is 0.231. The number of aryl methyl sites for hydroxylation is 3. The molecule has 7 nitrogen and oxygen atoms in total. The minimum atomic E-state index is -1.09. The summed E-state index contributed by atoms with van der Waals surface area (Å²) >= 11 is 0. The maximum Gasteiger partial charge on any atom is 0.356 e. The summed E-state index contributed by atoms with van der Waals surface area (Å²) in [7, 11) is 0. The van der Waals surface area contributed by atoms with Crippen LogP contribution in [0, 0.1) is 13.8 Å². The molecule has 0 amide bonds. The Morgan fingerprint density at radius 1 is 1.12 bits per heavy atom. The number of carboxylic acid groups (broad SMARTS) is 1. The topological polar surface area (TPSA) is 97.1 Å². The first kappa shape index (κ1) is 20.9. The zero-order valence-electron chi connectivity index (χ0n) is 18.7. The first-order valence-electron chi connectivity index (χ1n) is 10.9. The molecule has 0 saturated heterocycles. The molecule has 0 bridgehead atoms. The molecule has 0 saturated carbocycles. The number of carboxylic acids is 1. The van der Waals surface area contributed by atoms with Crippen LogP contribution < -0.4 is 10.9 Å². The van der Waals surface area contributed by atoms with Crippen LogP contribution in [0.3, 0.4) is 0 Å². The molecule has 0 spiro atoms. The molecule has 2 aromatic carbocycles. The van der Waals surface area contributed by atoms with E-state index >= 15 is 0 Å². The number of nitrogens with zero attached hydrogens (tertiary/aromatic N) is 3. The Kier molecular flexibility index (Phi) is 4.96. The van der Waals surface area contributed by atoms with E-state index in [-0.39, 0.29) is 17.3 Å². The van der Waals surface area contributed by atoms with Gasteiger partial charge < -0.3 is 10.4 Å². The fourth-order valence-electron chi connectivity index (χ4n) is 4.58. The van der Waals surface area contributed by atoms with Crippen LogP contribution in [0.1, 0.15) is 45.8 Å². The normalized spacial score (nSPS) is 13.3. The number of nitrogens with one attached hydrogen (secondary N) is 1. The van der Waals surface area contributed by atoms with Crippen molar-refractivity contribution in [2.24, 2.45) is 0 Å². The van der Waals surface area contributed by atoms with Crippen molar-refractivity contribution in [3.8, 4) is 11.4 Å². The summed E-state index contributed by atoms with van der Waals surface area (Å²) in [5.74, 6) is -0.417. The molecule has 4 aromatic rings. The number of benzene rings is 2. The van der Waals surface area contributed by atoms with Crippen LogP contribution in [0.25, 0.3) is 22.3 Å². The van der Waals surface area contributed by atoms with Crippen LogP contribution in [0.15, 0.2) is 53.3 Å². The first-order chi connectivity index (χ1) is 15.8. The lowest BCUT2D eigenvalue weighted by Gasteiger charge is -2.23. The van der Waals surface area contributed by atoms with E-state index in [1.54, 1.807) is 23.6 Å². The average molecular weight is 441 g/mol. The van der Waals surface area contributed by atoms with Crippen molar-refractivity contribution in [1.29, 1.82) is 0 Å². The Bertz CT molecular complexity index is 1490. The van der Waals surface area contributed by atoms with Gasteiger partial charge in [0.25, 0.3) is 5.56 Å². The second-order valence-corrected chi connectivity index (χ2v) is 8.57. The number of aromatic carboxylic acids is 1. The van der Waals surface area contributed by atoms with Gasteiger partial charge in [0, 0.05) is 23.4 Å². The molecular formula is C26H24N4O3. The van der Waals surface area contributed by atoms with Gasteiger partial charge in [0.15, 0.2) is 5.69 Å². The standard InChI is InChI=1S/C26H24N4O3/c1-14-12-19(16(3)28-21-9-8-15(2)27-23(21)26(32)33)22-20(13-14)25(31)30-11-10-17-6-4-5-7-18(17)24(30)29-22/h4-9,12-13,16,28H,10-11H2,1-3H3,(H,32,33). The Hall–Kier alpha value is -4.00. The Balaban J connectivity index is 1.68. The fourth-order valence-corrected chi connectivity index (χ4v) is 4.58. The second kappa shape index (κ2) is 7.85. The van der Waals surface area contributed by atoms with Gasteiger partial charge in [-0.15, -0.1) is 0 Å². The largest absolute Gasteiger partial charge is 0.476 e. The average Bonchev–Trinajstić information content (AvgIpc) is 2.80. The van der Waals surface area contributed by atoms with Crippen molar-refractivity contribution in [1.82, 2.24) is 14.5 Å². The molecule has 0 aliphatic carbocycles. The number of hydrogen-bond acceptors (Lipinski definition) is 5. The van der Waals surface area contributed by atoms with Crippen LogP contribution in [0.5, 0.6) is 0 Å². The Morgan fingerprint density at radius 3 is 2.70 bits per heavy atom. The Labute approximate surface area is 190 Å². The van der Waals surface area contributed by atoms with Crippen molar-refractivity contribution in [3.05, 3.63) is 87.0 Å². The summed E-state index contributed by atoms with van der Waals surface area (Å²) in [6.45, 7) is 6.24. The lowest BCUT2D eigenvalue weighted by Crippen LogP contribution is -2.28. The maximum absolute atomic E-state index is 13.5. The molecule has 0 radical (unpaired) electrons. The van der Waals surface area contributed by atoms with Gasteiger partial charge in [0.05, 0.1) is 22.6 Å². The predicted molar refractivity (Wildman–Crippen MR) is 128 cm³/mol. The third-order valence-electron chi connectivity index (χ3n) is 6.17. The molecule has 3 heterocycles. The van der Waals surface area contributed by atoms with Gasteiger partial charge in [-0.2, -0.15) is 0 Å². The highest BCUT2D eigenvalue weighted by Crippen LogP contribution is 2.31. The summed E-state index contributed by atoms with van der Waals surface area (Å²) in [6.07, 6.45) is 0.797. The van der Waals surface area contributed by atoms with Crippen LogP contribution in [0.2, 0.25) is 0 Å². The molecule has 1 atom stereocenters. The van der Waals surface area contributed by atoms with Gasteiger partial charge >= 0.3 is 5.97 Å². The van der Waals surface area contributed by atoms with Crippen molar-refractivity contribution >= 4 is 22.6 Å². The summed E-state index contributed by atoms with van der Waals surface area (Å²) in [4.78, 5) is 34.3. The van der Waals surface area contributed by atoms with Gasteiger partial charge in [-0.25, -0.2) is 14.8 Å². The quantitative estimate of drug-likeness (QED) is 0.485. The molecule has 7 heteroatoms. The third kappa shape index (κ3) is 3.55. The molecule has 1 aliphatic rings. The zero-order valence-corrected chi connectivity index (χ0v) is 18.7. The number of pyridine rings is 1. The molecular weight excluding hydrogens is 416 g/mol. The number of hydrogen-bond donors (Lipinski definition) is 2. The van der Waals surface area contributed by atoms with E-state index in [1.165, 1.54) is 5.56 Å². The van der Waals surface area contributed by atoms with Crippen LogP contribution in [0.4, 0.5) is 5.69 Å². The van der Waals surface area contributed by atoms with Crippen molar-refractivity contribution in [3.63, 3.8) is 0 Å². The van der Waals surface area contributed by atoms with Gasteiger partial charge in [-0.05, 0) is 56.5 Å². The van der Waals surface area contributed by atoms with E-state index in [2.05, 4.69) is 16.4 Å². The third-order valence-corrected chi connectivity index (χ3v) is 6.17. The first-order valence-corrected chi connectivity index (χ1v) is 10.9. The van der Waals surface area contributed by atoms with E-state index in [4.69, 9.17) is 4.98 Å². The maximum atomic E-state index is 13.5. The monoisotopic (exact) mass is 440 g/mol. The van der Waals surface area contributed by atoms with E-state index in [1.807, 2.05) is 44.2 Å². The highest BCUT2D eigenvalue weighted by Gasteiger charge is 2.23. The second-order valence-electron chi connectivity index (χ2n) is 8.57. The zero-order chi connectivity index (χ0) is 23.3. The van der Waals surface area contributed by atoms with E-state index < -0.39 is 5.97 Å². The summed E-state index contributed by atoms with van der Waals surface area (Å²) in [6, 6.07) is 15.1.